The zero-order valence-electron chi connectivity index (χ0n) is 16.8. The van der Waals surface area contributed by atoms with Gasteiger partial charge in [-0.3, -0.25) is 14.2 Å². The fourth-order valence-corrected chi connectivity index (χ4v) is 4.39. The number of carbonyl (C=O) groups excluding carboxylic acids is 1. The molecule has 0 saturated heterocycles. The van der Waals surface area contributed by atoms with Gasteiger partial charge in [-0.05, 0) is 24.3 Å². The number of anilines is 2. The first-order valence-electron chi connectivity index (χ1n) is 9.55. The summed E-state index contributed by atoms with van der Waals surface area (Å²) in [6, 6.07) is 20.1. The largest absolute Gasteiger partial charge is 0.383 e. The van der Waals surface area contributed by atoms with Crippen molar-refractivity contribution < 1.29 is 4.79 Å². The van der Waals surface area contributed by atoms with Crippen LogP contribution in [-0.2, 0) is 10.5 Å². The second-order valence-corrected chi connectivity index (χ2v) is 8.44. The van der Waals surface area contributed by atoms with Crippen LogP contribution in [0.4, 0.5) is 11.5 Å². The lowest BCUT2D eigenvalue weighted by Crippen LogP contribution is -2.14. The molecular weight excluding hydrogens is 446 g/mol. The molecule has 0 atom stereocenters. The Hall–Kier alpha value is -3.57. The first-order chi connectivity index (χ1) is 15.6. The number of nitrogens with two attached hydrogens (primary N) is 1. The number of aromatic nitrogens is 5. The average Bonchev–Trinajstić information content (AvgIpc) is 3.20. The third kappa shape index (κ3) is 5.56. The summed E-state index contributed by atoms with van der Waals surface area (Å²) < 4.78 is 1.89. The number of H-pyrrole nitrogens is 1. The van der Waals surface area contributed by atoms with E-state index >= 15 is 0 Å². The molecule has 162 valence electrons. The second kappa shape index (κ2) is 10.2. The third-order valence-electron chi connectivity index (χ3n) is 4.18. The maximum Gasteiger partial charge on any atom is 0.253 e. The number of amides is 1. The highest BCUT2D eigenvalue weighted by atomic mass is 32.2. The van der Waals surface area contributed by atoms with E-state index in [1.165, 1.54) is 29.6 Å². The van der Waals surface area contributed by atoms with Crippen LogP contribution in [0.3, 0.4) is 0 Å². The molecule has 4 N–H and O–H groups in total. The summed E-state index contributed by atoms with van der Waals surface area (Å²) >= 11 is 2.58. The van der Waals surface area contributed by atoms with Crippen molar-refractivity contribution in [1.29, 1.82) is 0 Å². The maximum atomic E-state index is 12.4. The minimum Gasteiger partial charge on any atom is -0.383 e. The van der Waals surface area contributed by atoms with Gasteiger partial charge in [-0.1, -0.05) is 59.9 Å². The molecule has 2 heterocycles. The van der Waals surface area contributed by atoms with Gasteiger partial charge in [-0.15, -0.1) is 10.2 Å². The van der Waals surface area contributed by atoms with Crippen LogP contribution >= 0.6 is 23.5 Å². The zero-order valence-corrected chi connectivity index (χ0v) is 18.4. The molecule has 2 aromatic heterocycles. The van der Waals surface area contributed by atoms with Crippen molar-refractivity contribution in [3.8, 4) is 5.69 Å². The second-order valence-electron chi connectivity index (χ2n) is 6.54. The van der Waals surface area contributed by atoms with Gasteiger partial charge in [0.05, 0.1) is 11.5 Å². The van der Waals surface area contributed by atoms with Gasteiger partial charge in [0.1, 0.15) is 11.6 Å². The predicted octanol–water partition coefficient (Wildman–Crippen LogP) is 2.96. The number of nitrogens with zero attached hydrogens (tertiary/aromatic N) is 4. The van der Waals surface area contributed by atoms with Crippen molar-refractivity contribution in [2.45, 2.75) is 16.1 Å². The molecule has 0 aliphatic carbocycles. The quantitative estimate of drug-likeness (QED) is 0.267. The van der Waals surface area contributed by atoms with Gasteiger partial charge in [-0.2, -0.15) is 0 Å². The summed E-state index contributed by atoms with van der Waals surface area (Å²) in [6.45, 7) is 0. The van der Waals surface area contributed by atoms with Gasteiger partial charge in [0.2, 0.25) is 5.91 Å². The Kier molecular flexibility index (Phi) is 6.87. The van der Waals surface area contributed by atoms with E-state index in [-0.39, 0.29) is 23.0 Å². The van der Waals surface area contributed by atoms with Crippen LogP contribution in [0, 0.1) is 0 Å². The van der Waals surface area contributed by atoms with E-state index < -0.39 is 0 Å². The number of carbonyl (C=O) groups is 1. The van der Waals surface area contributed by atoms with E-state index in [1.807, 2.05) is 65.2 Å². The number of aromatic amines is 1. The molecule has 0 fully saturated rings. The van der Waals surface area contributed by atoms with E-state index in [0.717, 1.165) is 11.4 Å². The van der Waals surface area contributed by atoms with Crippen LogP contribution in [0.1, 0.15) is 5.82 Å². The van der Waals surface area contributed by atoms with Crippen molar-refractivity contribution in [1.82, 2.24) is 24.7 Å². The Morgan fingerprint density at radius 1 is 1.03 bits per heavy atom. The van der Waals surface area contributed by atoms with Gasteiger partial charge in [-0.25, -0.2) is 4.98 Å². The number of nitrogens with one attached hydrogen (secondary N) is 2. The van der Waals surface area contributed by atoms with Crippen LogP contribution in [0.2, 0.25) is 0 Å². The van der Waals surface area contributed by atoms with E-state index in [2.05, 4.69) is 25.5 Å². The molecule has 2 aromatic carbocycles. The molecule has 4 aromatic rings. The van der Waals surface area contributed by atoms with Gasteiger partial charge < -0.3 is 16.0 Å². The van der Waals surface area contributed by atoms with Crippen molar-refractivity contribution in [3.05, 3.63) is 82.9 Å². The Bertz CT molecular complexity index is 1260. The number of rotatable bonds is 8. The van der Waals surface area contributed by atoms with E-state index in [0.29, 0.717) is 21.9 Å². The molecule has 0 radical (unpaired) electrons. The molecule has 11 heteroatoms. The van der Waals surface area contributed by atoms with Crippen LogP contribution < -0.4 is 16.6 Å². The maximum absolute atomic E-state index is 12.4. The van der Waals surface area contributed by atoms with E-state index in [1.54, 1.807) is 0 Å². The van der Waals surface area contributed by atoms with Gasteiger partial charge in [0.25, 0.3) is 5.56 Å². The van der Waals surface area contributed by atoms with E-state index in [9.17, 15) is 9.59 Å². The summed E-state index contributed by atoms with van der Waals surface area (Å²) in [5.41, 5.74) is 6.95. The minimum atomic E-state index is -0.315. The minimum absolute atomic E-state index is 0.138. The van der Waals surface area contributed by atoms with Crippen molar-refractivity contribution in [3.63, 3.8) is 0 Å². The van der Waals surface area contributed by atoms with E-state index in [4.69, 9.17) is 5.73 Å². The summed E-state index contributed by atoms with van der Waals surface area (Å²) in [7, 11) is 0. The lowest BCUT2D eigenvalue weighted by Gasteiger charge is -2.10. The molecule has 0 spiro atoms. The van der Waals surface area contributed by atoms with Crippen LogP contribution in [0.5, 0.6) is 0 Å². The predicted molar refractivity (Wildman–Crippen MR) is 126 cm³/mol. The summed E-state index contributed by atoms with van der Waals surface area (Å²) in [4.78, 5) is 30.8. The number of benzene rings is 2. The lowest BCUT2D eigenvalue weighted by atomic mass is 10.3. The van der Waals surface area contributed by atoms with Crippen LogP contribution in [0.15, 0.2) is 81.8 Å². The van der Waals surface area contributed by atoms with Crippen molar-refractivity contribution in [2.75, 3.05) is 16.8 Å². The molecule has 32 heavy (non-hydrogen) atoms. The highest BCUT2D eigenvalue weighted by Crippen LogP contribution is 2.26. The molecule has 9 nitrogen and oxygen atoms in total. The Balaban J connectivity index is 1.51. The standard InChI is InChI=1S/C21H19N7O2S2/c22-16-11-18(29)25-20(24-16)31-12-17-26-27-21(28(17)15-9-5-2-6-10-15)32-13-19(30)23-14-7-3-1-4-8-14/h1-11H,12-13H2,(H,23,30)(H3,22,24,25,29). The SMILES string of the molecule is Nc1cc(=O)[nH]c(SCc2nnc(SCC(=O)Nc3ccccc3)n2-c2ccccc2)n1. The normalized spacial score (nSPS) is 10.8. The number of thioether (sulfide) groups is 2. The summed E-state index contributed by atoms with van der Waals surface area (Å²) in [5.74, 6) is 1.24. The Morgan fingerprint density at radius 3 is 2.47 bits per heavy atom. The average molecular weight is 466 g/mol. The first kappa shape index (κ1) is 21.7. The highest BCUT2D eigenvalue weighted by Gasteiger charge is 2.17. The molecule has 4 rings (SSSR count). The molecular formula is C21H19N7O2S2. The summed E-state index contributed by atoms with van der Waals surface area (Å²) in [6.07, 6.45) is 0. The monoisotopic (exact) mass is 465 g/mol. The lowest BCUT2D eigenvalue weighted by molar-refractivity contribution is -0.113. The van der Waals surface area contributed by atoms with Gasteiger partial charge in [0, 0.05) is 17.4 Å². The Morgan fingerprint density at radius 2 is 1.75 bits per heavy atom. The topological polar surface area (TPSA) is 132 Å². The Labute approximate surface area is 191 Å². The van der Waals surface area contributed by atoms with Crippen LogP contribution in [0.25, 0.3) is 5.69 Å². The van der Waals surface area contributed by atoms with Crippen molar-refractivity contribution >= 4 is 40.9 Å². The van der Waals surface area contributed by atoms with Crippen LogP contribution in [-0.4, -0.2) is 36.4 Å². The smallest absolute Gasteiger partial charge is 0.253 e. The number of para-hydroxylation sites is 2. The third-order valence-corrected chi connectivity index (χ3v) is 5.98. The number of nitrogen functional groups attached to an aromatic ring is 1. The molecule has 0 aliphatic heterocycles. The zero-order chi connectivity index (χ0) is 22.3. The number of hydrogen-bond donors (Lipinski definition) is 3. The fourth-order valence-electron chi connectivity index (χ4n) is 2.83. The van der Waals surface area contributed by atoms with Crippen molar-refractivity contribution in [2.24, 2.45) is 0 Å². The number of hydrogen-bond acceptors (Lipinski definition) is 8. The molecule has 0 aliphatic rings. The first-order valence-corrected chi connectivity index (χ1v) is 11.5. The highest BCUT2D eigenvalue weighted by molar-refractivity contribution is 7.99. The molecule has 1 amide bonds. The molecule has 0 unspecified atom stereocenters. The fraction of sp³-hybridized carbons (Fsp3) is 0.0952. The molecule has 0 saturated carbocycles. The van der Waals surface area contributed by atoms with Gasteiger partial charge >= 0.3 is 0 Å². The summed E-state index contributed by atoms with van der Waals surface area (Å²) in [5, 5.41) is 12.4. The molecule has 0 bridgehead atoms. The van der Waals surface area contributed by atoms with Gasteiger partial charge in [0.15, 0.2) is 10.3 Å².